The van der Waals surface area contributed by atoms with E-state index in [2.05, 4.69) is 27.5 Å². The molecule has 0 aliphatic heterocycles. The van der Waals surface area contributed by atoms with Gasteiger partial charge in [-0.05, 0) is 24.5 Å². The number of nitrogens with one attached hydrogen (secondary N) is 2. The van der Waals surface area contributed by atoms with Gasteiger partial charge < -0.3 is 15.4 Å². The van der Waals surface area contributed by atoms with Crippen molar-refractivity contribution < 1.29 is 4.74 Å². The highest BCUT2D eigenvalue weighted by Gasteiger charge is 1.98. The quantitative estimate of drug-likeness (QED) is 0.318. The van der Waals surface area contributed by atoms with Crippen LogP contribution in [0.25, 0.3) is 0 Å². The van der Waals surface area contributed by atoms with Crippen molar-refractivity contribution >= 4 is 17.6 Å². The van der Waals surface area contributed by atoms with Crippen molar-refractivity contribution in [1.82, 2.24) is 15.6 Å². The lowest BCUT2D eigenvalue weighted by Crippen LogP contribution is -2.39. The van der Waals surface area contributed by atoms with Gasteiger partial charge in [0, 0.05) is 32.9 Å². The van der Waals surface area contributed by atoms with Crippen molar-refractivity contribution in [2.75, 3.05) is 33.4 Å². The number of ether oxygens (including phenoxy) is 1. The van der Waals surface area contributed by atoms with Gasteiger partial charge in [-0.2, -0.15) is 0 Å². The molecule has 0 atom stereocenters. The zero-order valence-corrected chi connectivity index (χ0v) is 13.6. The van der Waals surface area contributed by atoms with Crippen LogP contribution in [-0.2, 0) is 11.2 Å². The Morgan fingerprint density at radius 2 is 2.10 bits per heavy atom. The number of aliphatic imine (C=N–C) groups is 1. The highest BCUT2D eigenvalue weighted by Crippen LogP contribution is 2.05. The molecule has 1 aromatic rings. The van der Waals surface area contributed by atoms with Crippen LogP contribution < -0.4 is 10.6 Å². The van der Waals surface area contributed by atoms with E-state index in [4.69, 9.17) is 16.3 Å². The lowest BCUT2D eigenvalue weighted by atomic mass is 10.2. The third kappa shape index (κ3) is 8.52. The minimum absolute atomic E-state index is 0.521. The molecular formula is C15H25ClN4O. The Hall–Kier alpha value is -1.33. The number of aromatic nitrogens is 1. The van der Waals surface area contributed by atoms with E-state index in [1.54, 1.807) is 19.3 Å². The highest BCUT2D eigenvalue weighted by atomic mass is 35.5. The normalized spacial score (nSPS) is 11.5. The summed E-state index contributed by atoms with van der Waals surface area (Å²) in [5.41, 5.74) is 1.14. The second-order valence-corrected chi connectivity index (χ2v) is 5.02. The lowest BCUT2D eigenvalue weighted by molar-refractivity contribution is 0.136. The maximum atomic E-state index is 5.75. The molecule has 118 valence electrons. The van der Waals surface area contributed by atoms with Crippen LogP contribution >= 0.6 is 11.6 Å². The monoisotopic (exact) mass is 312 g/mol. The Balaban J connectivity index is 2.12. The average Bonchev–Trinajstić information content (AvgIpc) is 2.50. The average molecular weight is 313 g/mol. The number of pyridine rings is 1. The predicted molar refractivity (Wildman–Crippen MR) is 88.0 cm³/mol. The molecule has 0 saturated carbocycles. The molecule has 0 saturated heterocycles. The van der Waals surface area contributed by atoms with Gasteiger partial charge >= 0.3 is 0 Å². The number of guanidine groups is 1. The Kier molecular flexibility index (Phi) is 9.57. The molecule has 1 rings (SSSR count). The topological polar surface area (TPSA) is 58.5 Å². The molecule has 1 heterocycles. The maximum absolute atomic E-state index is 5.75. The third-order valence-corrected chi connectivity index (χ3v) is 3.12. The van der Waals surface area contributed by atoms with Crippen molar-refractivity contribution in [1.29, 1.82) is 0 Å². The first kappa shape index (κ1) is 17.7. The SMILES string of the molecule is CCCCOCCNC(=NC)NCCc1ccc(Cl)nc1. The van der Waals surface area contributed by atoms with E-state index in [9.17, 15) is 0 Å². The molecule has 0 bridgehead atoms. The summed E-state index contributed by atoms with van der Waals surface area (Å²) in [6.07, 6.45) is 4.94. The summed E-state index contributed by atoms with van der Waals surface area (Å²) in [6, 6.07) is 3.78. The molecule has 0 aromatic carbocycles. The summed E-state index contributed by atoms with van der Waals surface area (Å²) in [4.78, 5) is 8.23. The zero-order chi connectivity index (χ0) is 15.3. The van der Waals surface area contributed by atoms with Gasteiger partial charge in [-0.3, -0.25) is 4.99 Å². The smallest absolute Gasteiger partial charge is 0.191 e. The van der Waals surface area contributed by atoms with Crippen molar-refractivity contribution in [3.63, 3.8) is 0 Å². The second-order valence-electron chi connectivity index (χ2n) is 4.63. The lowest BCUT2D eigenvalue weighted by Gasteiger charge is -2.12. The van der Waals surface area contributed by atoms with E-state index in [0.717, 1.165) is 50.5 Å². The second kappa shape index (κ2) is 11.3. The van der Waals surface area contributed by atoms with Crippen LogP contribution in [0.1, 0.15) is 25.3 Å². The molecule has 0 aliphatic carbocycles. The van der Waals surface area contributed by atoms with E-state index < -0.39 is 0 Å². The maximum Gasteiger partial charge on any atom is 0.191 e. The molecule has 21 heavy (non-hydrogen) atoms. The van der Waals surface area contributed by atoms with Crippen LogP contribution in [0.3, 0.4) is 0 Å². The molecule has 2 N–H and O–H groups in total. The van der Waals surface area contributed by atoms with E-state index >= 15 is 0 Å². The van der Waals surface area contributed by atoms with Gasteiger partial charge in [0.2, 0.25) is 0 Å². The van der Waals surface area contributed by atoms with Gasteiger partial charge in [-0.15, -0.1) is 0 Å². The number of unbranched alkanes of at least 4 members (excludes halogenated alkanes) is 1. The summed E-state index contributed by atoms with van der Waals surface area (Å²) < 4.78 is 5.49. The van der Waals surface area contributed by atoms with Crippen molar-refractivity contribution in [2.24, 2.45) is 4.99 Å². The van der Waals surface area contributed by atoms with Crippen LogP contribution in [0, 0.1) is 0 Å². The fourth-order valence-electron chi connectivity index (χ4n) is 1.69. The van der Waals surface area contributed by atoms with Crippen molar-refractivity contribution in [3.05, 3.63) is 29.0 Å². The van der Waals surface area contributed by atoms with E-state index in [1.807, 2.05) is 6.07 Å². The fourth-order valence-corrected chi connectivity index (χ4v) is 1.80. The molecule has 0 radical (unpaired) electrons. The summed E-state index contributed by atoms with van der Waals surface area (Å²) in [7, 11) is 1.76. The van der Waals surface area contributed by atoms with Crippen LogP contribution in [0.4, 0.5) is 0 Å². The van der Waals surface area contributed by atoms with Gasteiger partial charge in [0.15, 0.2) is 5.96 Å². The highest BCUT2D eigenvalue weighted by molar-refractivity contribution is 6.29. The van der Waals surface area contributed by atoms with Crippen molar-refractivity contribution in [3.8, 4) is 0 Å². The summed E-state index contributed by atoms with van der Waals surface area (Å²) >= 11 is 5.75. The first-order valence-electron chi connectivity index (χ1n) is 7.39. The zero-order valence-electron chi connectivity index (χ0n) is 12.9. The Morgan fingerprint density at radius 1 is 1.29 bits per heavy atom. The molecule has 0 amide bonds. The van der Waals surface area contributed by atoms with Crippen LogP contribution in [0.2, 0.25) is 5.15 Å². The largest absolute Gasteiger partial charge is 0.380 e. The summed E-state index contributed by atoms with van der Waals surface area (Å²) in [6.45, 7) is 5.23. The number of hydrogen-bond acceptors (Lipinski definition) is 3. The molecule has 0 aliphatic rings. The van der Waals surface area contributed by atoms with Crippen LogP contribution in [0.5, 0.6) is 0 Å². The van der Waals surface area contributed by atoms with Crippen LogP contribution in [-0.4, -0.2) is 44.3 Å². The fraction of sp³-hybridized carbons (Fsp3) is 0.600. The number of halogens is 1. The Labute approximate surface area is 132 Å². The van der Waals surface area contributed by atoms with E-state index in [-0.39, 0.29) is 0 Å². The Morgan fingerprint density at radius 3 is 2.76 bits per heavy atom. The summed E-state index contributed by atoms with van der Waals surface area (Å²) in [5, 5.41) is 7.00. The molecule has 0 unspecified atom stereocenters. The van der Waals surface area contributed by atoms with E-state index in [0.29, 0.717) is 11.8 Å². The minimum Gasteiger partial charge on any atom is -0.380 e. The first-order valence-corrected chi connectivity index (χ1v) is 7.76. The molecule has 1 aromatic heterocycles. The molecule has 5 nitrogen and oxygen atoms in total. The van der Waals surface area contributed by atoms with Crippen molar-refractivity contribution in [2.45, 2.75) is 26.2 Å². The standard InChI is InChI=1S/C15H25ClN4O/c1-3-4-10-21-11-9-19-15(17-2)18-8-7-13-5-6-14(16)20-12-13/h5-6,12H,3-4,7-11H2,1-2H3,(H2,17,18,19). The number of nitrogens with zero attached hydrogens (tertiary/aromatic N) is 2. The van der Waals surface area contributed by atoms with Gasteiger partial charge in [0.25, 0.3) is 0 Å². The Bertz CT molecular complexity index is 409. The summed E-state index contributed by atoms with van der Waals surface area (Å²) in [5.74, 6) is 0.788. The van der Waals surface area contributed by atoms with Gasteiger partial charge in [0.1, 0.15) is 5.15 Å². The van der Waals surface area contributed by atoms with Gasteiger partial charge in [0.05, 0.1) is 6.61 Å². The van der Waals surface area contributed by atoms with E-state index in [1.165, 1.54) is 0 Å². The molecule has 6 heteroatoms. The number of rotatable bonds is 9. The number of hydrogen-bond donors (Lipinski definition) is 2. The minimum atomic E-state index is 0.521. The first-order chi connectivity index (χ1) is 10.3. The van der Waals surface area contributed by atoms with Crippen LogP contribution in [0.15, 0.2) is 23.3 Å². The molecule has 0 spiro atoms. The molecule has 0 fully saturated rings. The van der Waals surface area contributed by atoms with Gasteiger partial charge in [-0.25, -0.2) is 4.98 Å². The third-order valence-electron chi connectivity index (χ3n) is 2.90. The molecular weight excluding hydrogens is 288 g/mol. The van der Waals surface area contributed by atoms with Gasteiger partial charge in [-0.1, -0.05) is 31.0 Å². The predicted octanol–water partition coefficient (Wildman–Crippen LogP) is 2.26.